The smallest absolute Gasteiger partial charge is 0.160 e. The lowest BCUT2D eigenvalue weighted by molar-refractivity contribution is 1.21. The molecule has 0 spiro atoms. The van der Waals surface area contributed by atoms with Crippen molar-refractivity contribution in [3.63, 3.8) is 0 Å². The molecule has 0 saturated heterocycles. The predicted octanol–water partition coefficient (Wildman–Crippen LogP) is 5.77. The van der Waals surface area contributed by atoms with Gasteiger partial charge in [-0.1, -0.05) is 110 Å². The highest BCUT2D eigenvalue weighted by molar-refractivity contribution is 7.03. The Kier molecular flexibility index (Phi) is 3.95. The SMILES string of the molecule is C[Si]1(C)c2ccccc2-c2c(-c3ccccc3)nc(-c3cccc4ccccc34)nc21. The van der Waals surface area contributed by atoms with Crippen LogP contribution in [-0.2, 0) is 0 Å². The maximum absolute atomic E-state index is 5.28. The molecule has 148 valence electrons. The van der Waals surface area contributed by atoms with Crippen molar-refractivity contribution in [2.75, 3.05) is 0 Å². The minimum atomic E-state index is -1.93. The van der Waals surface area contributed by atoms with Gasteiger partial charge in [0.1, 0.15) is 8.07 Å². The van der Waals surface area contributed by atoms with Crippen molar-refractivity contribution in [2.24, 2.45) is 0 Å². The van der Waals surface area contributed by atoms with Gasteiger partial charge in [0.15, 0.2) is 5.82 Å². The average Bonchev–Trinajstić information content (AvgIpc) is 3.06. The third-order valence-corrected chi connectivity index (χ3v) is 9.78. The summed E-state index contributed by atoms with van der Waals surface area (Å²) < 4.78 is 0. The summed E-state index contributed by atoms with van der Waals surface area (Å²) in [5.41, 5.74) is 5.81. The first-order chi connectivity index (χ1) is 15.1. The number of aromatic nitrogens is 2. The fourth-order valence-corrected chi connectivity index (χ4v) is 7.80. The number of nitrogens with zero attached hydrogens (tertiary/aromatic N) is 2. The topological polar surface area (TPSA) is 25.8 Å². The van der Waals surface area contributed by atoms with E-state index in [2.05, 4.69) is 110 Å². The van der Waals surface area contributed by atoms with E-state index >= 15 is 0 Å². The normalized spacial score (nSPS) is 13.7. The van der Waals surface area contributed by atoms with E-state index in [4.69, 9.17) is 9.97 Å². The van der Waals surface area contributed by atoms with Crippen molar-refractivity contribution in [1.29, 1.82) is 0 Å². The number of rotatable bonds is 2. The van der Waals surface area contributed by atoms with Crippen LogP contribution >= 0.6 is 0 Å². The first kappa shape index (κ1) is 18.2. The quantitative estimate of drug-likeness (QED) is 0.343. The third-order valence-electron chi connectivity index (χ3n) is 6.45. The van der Waals surface area contributed by atoms with Crippen LogP contribution in [0.5, 0.6) is 0 Å². The molecule has 0 radical (unpaired) electrons. The van der Waals surface area contributed by atoms with Gasteiger partial charge in [0.2, 0.25) is 0 Å². The summed E-state index contributed by atoms with van der Waals surface area (Å²) in [4.78, 5) is 10.5. The molecule has 2 heterocycles. The second-order valence-electron chi connectivity index (χ2n) is 8.68. The van der Waals surface area contributed by atoms with Crippen LogP contribution in [0.3, 0.4) is 0 Å². The van der Waals surface area contributed by atoms with Gasteiger partial charge in [0, 0.05) is 22.0 Å². The highest BCUT2D eigenvalue weighted by atomic mass is 28.3. The third kappa shape index (κ3) is 2.70. The van der Waals surface area contributed by atoms with Crippen LogP contribution in [0, 0.1) is 0 Å². The molecule has 0 aliphatic carbocycles. The van der Waals surface area contributed by atoms with E-state index in [0.717, 1.165) is 22.6 Å². The molecule has 1 aliphatic rings. The number of benzene rings is 4. The Hall–Kier alpha value is -3.56. The van der Waals surface area contributed by atoms with Gasteiger partial charge >= 0.3 is 0 Å². The van der Waals surface area contributed by atoms with Crippen molar-refractivity contribution >= 4 is 29.4 Å². The summed E-state index contributed by atoms with van der Waals surface area (Å²) in [7, 11) is -1.93. The molecule has 2 nitrogen and oxygen atoms in total. The largest absolute Gasteiger partial charge is 0.237 e. The van der Waals surface area contributed by atoms with Gasteiger partial charge in [-0.3, -0.25) is 0 Å². The van der Waals surface area contributed by atoms with Crippen LogP contribution in [0.4, 0.5) is 0 Å². The van der Waals surface area contributed by atoms with E-state index in [9.17, 15) is 0 Å². The second-order valence-corrected chi connectivity index (χ2v) is 12.9. The zero-order valence-electron chi connectivity index (χ0n) is 17.6. The van der Waals surface area contributed by atoms with Gasteiger partial charge in [-0.2, -0.15) is 0 Å². The molecule has 3 heteroatoms. The van der Waals surface area contributed by atoms with Gasteiger partial charge < -0.3 is 0 Å². The van der Waals surface area contributed by atoms with Crippen molar-refractivity contribution < 1.29 is 0 Å². The molecule has 0 atom stereocenters. The van der Waals surface area contributed by atoms with Gasteiger partial charge in [0.05, 0.1) is 5.69 Å². The fourth-order valence-electron chi connectivity index (χ4n) is 4.89. The molecule has 5 aromatic rings. The van der Waals surface area contributed by atoms with E-state index in [-0.39, 0.29) is 0 Å². The van der Waals surface area contributed by atoms with Crippen LogP contribution in [-0.4, -0.2) is 18.0 Å². The molecule has 0 bridgehead atoms. The molecule has 1 aliphatic heterocycles. The Labute approximate surface area is 183 Å². The van der Waals surface area contributed by atoms with Crippen molar-refractivity contribution in [2.45, 2.75) is 13.1 Å². The lowest BCUT2D eigenvalue weighted by Gasteiger charge is -2.19. The zero-order chi connectivity index (χ0) is 21.0. The number of fused-ring (bicyclic) bond motifs is 4. The lowest BCUT2D eigenvalue weighted by atomic mass is 9.99. The standard InChI is InChI=1S/C28H22N2Si/c1-31(2)24-18-9-8-16-23(24)25-26(20-12-4-3-5-13-20)29-27(30-28(25)31)22-17-10-14-19-11-6-7-15-21(19)22/h3-18H,1-2H3. The van der Waals surface area contributed by atoms with E-state index in [1.54, 1.807) is 0 Å². The van der Waals surface area contributed by atoms with Crippen LogP contribution in [0.15, 0.2) is 97.1 Å². The average molecular weight is 415 g/mol. The summed E-state index contributed by atoms with van der Waals surface area (Å²) in [6.45, 7) is 4.82. The molecule has 0 amide bonds. The molecule has 0 fully saturated rings. The van der Waals surface area contributed by atoms with Crippen molar-refractivity contribution in [1.82, 2.24) is 9.97 Å². The lowest BCUT2D eigenvalue weighted by Crippen LogP contribution is -2.50. The van der Waals surface area contributed by atoms with E-state index in [0.29, 0.717) is 0 Å². The van der Waals surface area contributed by atoms with E-state index < -0.39 is 8.07 Å². The highest BCUT2D eigenvalue weighted by Gasteiger charge is 2.41. The molecule has 0 unspecified atom stereocenters. The Morgan fingerprint density at radius 2 is 1.29 bits per heavy atom. The van der Waals surface area contributed by atoms with E-state index in [1.807, 2.05) is 0 Å². The molecule has 0 saturated carbocycles. The van der Waals surface area contributed by atoms with Crippen molar-refractivity contribution in [3.05, 3.63) is 97.1 Å². The van der Waals surface area contributed by atoms with Gasteiger partial charge in [-0.15, -0.1) is 0 Å². The molecular weight excluding hydrogens is 392 g/mol. The van der Waals surface area contributed by atoms with Crippen LogP contribution in [0.1, 0.15) is 0 Å². The summed E-state index contributed by atoms with van der Waals surface area (Å²) in [5.74, 6) is 0.822. The molecule has 6 rings (SSSR count). The molecular formula is C28H22N2Si. The van der Waals surface area contributed by atoms with Crippen molar-refractivity contribution in [3.8, 4) is 33.8 Å². The summed E-state index contributed by atoms with van der Waals surface area (Å²) in [6.07, 6.45) is 0. The van der Waals surface area contributed by atoms with Crippen LogP contribution in [0.2, 0.25) is 13.1 Å². The summed E-state index contributed by atoms with van der Waals surface area (Å²) in [6, 6.07) is 34.3. The Morgan fingerprint density at radius 1 is 0.613 bits per heavy atom. The zero-order valence-corrected chi connectivity index (χ0v) is 18.6. The monoisotopic (exact) mass is 414 g/mol. The maximum Gasteiger partial charge on any atom is 0.160 e. The van der Waals surface area contributed by atoms with Gasteiger partial charge in [-0.05, 0) is 21.5 Å². The molecule has 4 aromatic carbocycles. The first-order valence-electron chi connectivity index (χ1n) is 10.7. The fraction of sp³-hybridized carbons (Fsp3) is 0.0714. The Balaban J connectivity index is 1.72. The van der Waals surface area contributed by atoms with Crippen LogP contribution in [0.25, 0.3) is 44.5 Å². The predicted molar refractivity (Wildman–Crippen MR) is 133 cm³/mol. The Morgan fingerprint density at radius 3 is 2.16 bits per heavy atom. The second kappa shape index (κ2) is 6.72. The van der Waals surface area contributed by atoms with Crippen LogP contribution < -0.4 is 10.5 Å². The number of hydrogen-bond donors (Lipinski definition) is 0. The van der Waals surface area contributed by atoms with Gasteiger partial charge in [-0.25, -0.2) is 9.97 Å². The Bertz CT molecular complexity index is 1450. The molecule has 0 N–H and O–H groups in total. The minimum Gasteiger partial charge on any atom is -0.237 e. The minimum absolute atomic E-state index is 0.822. The molecule has 1 aromatic heterocycles. The number of hydrogen-bond acceptors (Lipinski definition) is 2. The maximum atomic E-state index is 5.28. The van der Waals surface area contributed by atoms with Gasteiger partial charge in [0.25, 0.3) is 0 Å². The first-order valence-corrected chi connectivity index (χ1v) is 13.7. The highest BCUT2D eigenvalue weighted by Crippen LogP contribution is 2.37. The van der Waals surface area contributed by atoms with E-state index in [1.165, 1.54) is 32.4 Å². The summed E-state index contributed by atoms with van der Waals surface area (Å²) >= 11 is 0. The molecule has 31 heavy (non-hydrogen) atoms. The summed E-state index contributed by atoms with van der Waals surface area (Å²) in [5, 5.41) is 5.10.